The molecule has 0 saturated heterocycles. The lowest BCUT2D eigenvalue weighted by atomic mass is 9.92. The Morgan fingerprint density at radius 1 is 1.00 bits per heavy atom. The molecule has 0 saturated carbocycles. The molecule has 47 heavy (non-hydrogen) atoms. The summed E-state index contributed by atoms with van der Waals surface area (Å²) in [6, 6.07) is 14.6. The van der Waals surface area contributed by atoms with Crippen molar-refractivity contribution in [1.29, 1.82) is 0 Å². The van der Waals surface area contributed by atoms with Gasteiger partial charge in [0, 0.05) is 43.1 Å². The third-order valence-corrected chi connectivity index (χ3v) is 8.41. The van der Waals surface area contributed by atoms with Gasteiger partial charge in [0.1, 0.15) is 18.2 Å². The molecular formula is C38H48N6O3. The fraction of sp³-hybridized carbons (Fsp3) is 0.421. The maximum absolute atomic E-state index is 12.8. The van der Waals surface area contributed by atoms with Crippen molar-refractivity contribution in [2.75, 3.05) is 19.6 Å². The summed E-state index contributed by atoms with van der Waals surface area (Å²) >= 11 is 0. The van der Waals surface area contributed by atoms with Crippen molar-refractivity contribution in [3.8, 4) is 16.9 Å². The molecule has 5 rings (SSSR count). The molecule has 3 N–H and O–H groups in total. The molecule has 3 aromatic carbocycles. The maximum atomic E-state index is 12.8. The van der Waals surface area contributed by atoms with Gasteiger partial charge in [-0.1, -0.05) is 52.8 Å². The molecule has 2 amide bonds. The van der Waals surface area contributed by atoms with Gasteiger partial charge in [0.15, 0.2) is 0 Å². The predicted octanol–water partition coefficient (Wildman–Crippen LogP) is 7.43. The Kier molecular flexibility index (Phi) is 11.0. The number of carbonyl (C=O) groups excluding carboxylic acids is 2. The fourth-order valence-corrected chi connectivity index (χ4v) is 6.16. The number of hydrogen-bond donors (Lipinski definition) is 2. The number of hydrogen-bond acceptors (Lipinski definition) is 6. The Balaban J connectivity index is 1.36. The van der Waals surface area contributed by atoms with Crippen LogP contribution in [0.3, 0.4) is 0 Å². The highest BCUT2D eigenvalue weighted by atomic mass is 16.5. The van der Waals surface area contributed by atoms with Crippen LogP contribution >= 0.6 is 0 Å². The summed E-state index contributed by atoms with van der Waals surface area (Å²) in [7, 11) is 0. The van der Waals surface area contributed by atoms with E-state index < -0.39 is 0 Å². The van der Waals surface area contributed by atoms with Gasteiger partial charge in [-0.15, -0.1) is 0 Å². The lowest BCUT2D eigenvalue weighted by Gasteiger charge is -2.23. The molecule has 0 bridgehead atoms. The van der Waals surface area contributed by atoms with Gasteiger partial charge in [0.05, 0.1) is 36.0 Å². The van der Waals surface area contributed by atoms with E-state index in [1.165, 1.54) is 0 Å². The Bertz CT molecular complexity index is 1800. The number of nitrogens with two attached hydrogens (primary N) is 1. The number of aromatic amines is 1. The summed E-state index contributed by atoms with van der Waals surface area (Å²) in [6.45, 7) is 13.2. The average molecular weight is 637 g/mol. The number of ether oxygens (including phenoxy) is 1. The average Bonchev–Trinajstić information content (AvgIpc) is 3.47. The summed E-state index contributed by atoms with van der Waals surface area (Å²) in [5.74, 6) is 2.30. The van der Waals surface area contributed by atoms with E-state index in [-0.39, 0.29) is 11.8 Å². The molecule has 0 aliphatic carbocycles. The highest BCUT2D eigenvalue weighted by molar-refractivity contribution is 6.07. The first-order valence-corrected chi connectivity index (χ1v) is 17.0. The van der Waals surface area contributed by atoms with Gasteiger partial charge in [-0.05, 0) is 71.5 Å². The van der Waals surface area contributed by atoms with Gasteiger partial charge in [0.2, 0.25) is 11.8 Å². The molecule has 1 aromatic heterocycles. The number of nitrogens with zero attached hydrogens (tertiary/aromatic N) is 4. The van der Waals surface area contributed by atoms with E-state index in [1.807, 2.05) is 35.8 Å². The number of imidazole rings is 1. The smallest absolute Gasteiger partial charge is 0.222 e. The summed E-state index contributed by atoms with van der Waals surface area (Å²) in [6.07, 6.45) is 7.05. The highest BCUT2D eigenvalue weighted by Crippen LogP contribution is 2.42. The standard InChI is InChI=1S/C38H48N6O3/c1-6-9-36(45)43(16-8-3)17-15-40-21-32(39)27-11-13-29-28(18-27)24-47-34-20-30-26(19-31(29)34)12-14-33-38(30)42-35(41-33)23-44(22-25(4)5)37(46)10-7-2/h11-15,18-21,25H,6-10,16-17,22-24,39H2,1-5H3,(H,41,42)/b32-21-,40-15+. The van der Waals surface area contributed by atoms with Crippen LogP contribution in [-0.2, 0) is 22.7 Å². The Morgan fingerprint density at radius 2 is 1.77 bits per heavy atom. The molecule has 2 heterocycles. The summed E-state index contributed by atoms with van der Waals surface area (Å²) in [5.41, 5.74) is 12.9. The van der Waals surface area contributed by atoms with Crippen molar-refractivity contribution in [1.82, 2.24) is 19.8 Å². The molecule has 0 spiro atoms. The number of rotatable bonds is 14. The van der Waals surface area contributed by atoms with Crippen LogP contribution in [0.15, 0.2) is 53.7 Å². The first-order valence-electron chi connectivity index (χ1n) is 17.0. The van der Waals surface area contributed by atoms with E-state index in [1.54, 1.807) is 12.4 Å². The van der Waals surface area contributed by atoms with Gasteiger partial charge >= 0.3 is 0 Å². The maximum Gasteiger partial charge on any atom is 0.222 e. The van der Waals surface area contributed by atoms with Gasteiger partial charge < -0.3 is 25.3 Å². The molecule has 9 heteroatoms. The second kappa shape index (κ2) is 15.3. The largest absolute Gasteiger partial charge is 0.488 e. The number of carbonyl (C=O) groups is 2. The van der Waals surface area contributed by atoms with Crippen LogP contribution in [0.1, 0.15) is 83.7 Å². The van der Waals surface area contributed by atoms with Crippen molar-refractivity contribution in [3.05, 3.63) is 65.6 Å². The fourth-order valence-electron chi connectivity index (χ4n) is 6.16. The number of aliphatic imine (C=N–C) groups is 1. The summed E-state index contributed by atoms with van der Waals surface area (Å²) < 4.78 is 6.29. The molecule has 0 unspecified atom stereocenters. The second-order valence-electron chi connectivity index (χ2n) is 12.8. The van der Waals surface area contributed by atoms with Crippen molar-refractivity contribution in [2.45, 2.75) is 79.9 Å². The zero-order chi connectivity index (χ0) is 33.5. The van der Waals surface area contributed by atoms with E-state index in [2.05, 4.69) is 61.1 Å². The molecule has 248 valence electrons. The van der Waals surface area contributed by atoms with E-state index in [0.29, 0.717) is 50.7 Å². The molecule has 9 nitrogen and oxygen atoms in total. The summed E-state index contributed by atoms with van der Waals surface area (Å²) in [4.78, 5) is 41.7. The van der Waals surface area contributed by atoms with Gasteiger partial charge in [-0.25, -0.2) is 4.98 Å². The van der Waals surface area contributed by atoms with E-state index >= 15 is 0 Å². The minimum absolute atomic E-state index is 0.156. The quantitative estimate of drug-likeness (QED) is 0.140. The number of aromatic nitrogens is 2. The first-order chi connectivity index (χ1) is 22.7. The van der Waals surface area contributed by atoms with Crippen LogP contribution in [0.5, 0.6) is 5.75 Å². The van der Waals surface area contributed by atoms with Crippen LogP contribution in [0.25, 0.3) is 38.6 Å². The van der Waals surface area contributed by atoms with E-state index in [4.69, 9.17) is 15.5 Å². The third-order valence-electron chi connectivity index (χ3n) is 8.41. The number of H-pyrrole nitrogens is 1. The Morgan fingerprint density at radius 3 is 2.49 bits per heavy atom. The number of amides is 2. The lowest BCUT2D eigenvalue weighted by molar-refractivity contribution is -0.132. The molecule has 0 radical (unpaired) electrons. The topological polar surface area (TPSA) is 117 Å². The van der Waals surface area contributed by atoms with Crippen molar-refractivity contribution in [2.24, 2.45) is 16.6 Å². The molecule has 0 fully saturated rings. The molecule has 1 aliphatic heterocycles. The van der Waals surface area contributed by atoms with Crippen LogP contribution in [-0.4, -0.2) is 57.4 Å². The van der Waals surface area contributed by atoms with E-state index in [9.17, 15) is 9.59 Å². The van der Waals surface area contributed by atoms with Crippen LogP contribution in [0, 0.1) is 5.92 Å². The van der Waals surface area contributed by atoms with Gasteiger partial charge in [-0.2, -0.15) is 0 Å². The van der Waals surface area contributed by atoms with Crippen molar-refractivity contribution >= 4 is 45.5 Å². The number of fused-ring (bicyclic) bond motifs is 6. The van der Waals surface area contributed by atoms with Crippen LogP contribution in [0.4, 0.5) is 0 Å². The van der Waals surface area contributed by atoms with Crippen LogP contribution in [0.2, 0.25) is 0 Å². The molecular weight excluding hydrogens is 588 g/mol. The Labute approximate surface area is 277 Å². The molecule has 0 atom stereocenters. The van der Waals surface area contributed by atoms with E-state index in [0.717, 1.165) is 81.4 Å². The molecule has 4 aromatic rings. The summed E-state index contributed by atoms with van der Waals surface area (Å²) in [5, 5.41) is 2.12. The first kappa shape index (κ1) is 33.7. The highest BCUT2D eigenvalue weighted by Gasteiger charge is 2.21. The zero-order valence-electron chi connectivity index (χ0n) is 28.4. The minimum atomic E-state index is 0.156. The zero-order valence-corrected chi connectivity index (χ0v) is 28.4. The predicted molar refractivity (Wildman–Crippen MR) is 191 cm³/mol. The van der Waals surface area contributed by atoms with Crippen LogP contribution < -0.4 is 10.5 Å². The number of nitrogens with one attached hydrogen (secondary N) is 1. The lowest BCUT2D eigenvalue weighted by Crippen LogP contribution is -2.33. The second-order valence-corrected chi connectivity index (χ2v) is 12.8. The van der Waals surface area contributed by atoms with Gasteiger partial charge in [0.25, 0.3) is 0 Å². The monoisotopic (exact) mass is 636 g/mol. The van der Waals surface area contributed by atoms with Gasteiger partial charge in [-0.3, -0.25) is 14.6 Å². The SMILES string of the molecule is CCCC(=O)N(C/C=N/C=C(\N)c1ccc2c(c1)COc1cc3c(ccc4nc(CN(CC(C)C)C(=O)CCC)[nH]c43)cc1-2)CCC. The third kappa shape index (κ3) is 7.84. The Hall–Kier alpha value is -4.66. The number of benzene rings is 3. The van der Waals surface area contributed by atoms with Crippen molar-refractivity contribution < 1.29 is 14.3 Å². The molecule has 1 aliphatic rings. The minimum Gasteiger partial charge on any atom is -0.488 e. The van der Waals surface area contributed by atoms with Crippen molar-refractivity contribution in [3.63, 3.8) is 0 Å². The normalized spacial score (nSPS) is 12.9.